The van der Waals surface area contributed by atoms with Crippen molar-refractivity contribution in [2.45, 2.75) is 26.3 Å². The van der Waals surface area contributed by atoms with E-state index in [1.54, 1.807) is 26.0 Å². The Balaban J connectivity index is 1.92. The summed E-state index contributed by atoms with van der Waals surface area (Å²) in [6.45, 7) is 3.83. The topological polar surface area (TPSA) is 120 Å². The molecule has 0 aliphatic rings. The van der Waals surface area contributed by atoms with Gasteiger partial charge in [0.1, 0.15) is 28.1 Å². The number of methoxy groups -OCH3 is 1. The number of nitrogens with one attached hydrogen (secondary N) is 1. The summed E-state index contributed by atoms with van der Waals surface area (Å²) in [6.07, 6.45) is 1.68. The number of aromatic nitrogens is 2. The number of benzene rings is 1. The van der Waals surface area contributed by atoms with E-state index in [0.717, 1.165) is 11.3 Å². The first-order valence-corrected chi connectivity index (χ1v) is 10.4. The van der Waals surface area contributed by atoms with Crippen molar-refractivity contribution in [1.29, 1.82) is 0 Å². The lowest BCUT2D eigenvalue weighted by atomic mass is 10.1. The third-order valence-corrected chi connectivity index (χ3v) is 5.92. The molecule has 0 radical (unpaired) electrons. The molecule has 3 aromatic rings. The molecule has 0 aliphatic heterocycles. The number of thiophene rings is 1. The van der Waals surface area contributed by atoms with Crippen LogP contribution in [0.4, 0.5) is 5.69 Å². The Hall–Kier alpha value is -3.24. The van der Waals surface area contributed by atoms with E-state index >= 15 is 0 Å². The van der Waals surface area contributed by atoms with Gasteiger partial charge in [0, 0.05) is 12.8 Å². The van der Waals surface area contributed by atoms with Gasteiger partial charge in [0.15, 0.2) is 0 Å². The van der Waals surface area contributed by atoms with Crippen LogP contribution in [0.25, 0.3) is 10.2 Å². The SMILES string of the molecule is CCC(C(=O)Nc1ccc(O)cc1)n1cnc2sc(C(=O)OCCOC)c(C)c2c1=O. The van der Waals surface area contributed by atoms with Crippen molar-refractivity contribution in [2.24, 2.45) is 0 Å². The molecule has 1 atom stereocenters. The van der Waals surface area contributed by atoms with Crippen LogP contribution in [0.1, 0.15) is 34.6 Å². The van der Waals surface area contributed by atoms with Crippen molar-refractivity contribution < 1.29 is 24.2 Å². The van der Waals surface area contributed by atoms with Crippen LogP contribution in [0.2, 0.25) is 0 Å². The molecule has 0 saturated heterocycles. The fraction of sp³-hybridized carbons (Fsp3) is 0.333. The van der Waals surface area contributed by atoms with Gasteiger partial charge in [0.25, 0.3) is 5.56 Å². The number of phenols is 1. The number of esters is 1. The minimum Gasteiger partial charge on any atom is -0.508 e. The molecule has 2 N–H and O–H groups in total. The summed E-state index contributed by atoms with van der Waals surface area (Å²) >= 11 is 1.08. The summed E-state index contributed by atoms with van der Waals surface area (Å²) in [5.41, 5.74) is 0.571. The Morgan fingerprint density at radius 1 is 1.26 bits per heavy atom. The van der Waals surface area contributed by atoms with Crippen molar-refractivity contribution in [1.82, 2.24) is 9.55 Å². The number of carbonyl (C=O) groups is 2. The molecule has 0 fully saturated rings. The number of phenolic OH excluding ortho intramolecular Hbond substituents is 1. The van der Waals surface area contributed by atoms with Crippen LogP contribution in [0.3, 0.4) is 0 Å². The zero-order valence-electron chi connectivity index (χ0n) is 17.4. The van der Waals surface area contributed by atoms with Gasteiger partial charge in [0.05, 0.1) is 18.3 Å². The van der Waals surface area contributed by atoms with Crippen LogP contribution in [0.15, 0.2) is 35.4 Å². The molecule has 1 unspecified atom stereocenters. The second-order valence-electron chi connectivity index (χ2n) is 6.78. The van der Waals surface area contributed by atoms with Gasteiger partial charge in [-0.1, -0.05) is 6.92 Å². The fourth-order valence-corrected chi connectivity index (χ4v) is 4.15. The van der Waals surface area contributed by atoms with Gasteiger partial charge in [-0.2, -0.15) is 0 Å². The number of aryl methyl sites for hydroxylation is 1. The lowest BCUT2D eigenvalue weighted by Crippen LogP contribution is -2.33. The van der Waals surface area contributed by atoms with Crippen molar-refractivity contribution in [3.05, 3.63) is 51.4 Å². The Kier molecular flexibility index (Phi) is 7.03. The van der Waals surface area contributed by atoms with E-state index in [-0.39, 0.29) is 24.9 Å². The maximum absolute atomic E-state index is 13.2. The summed E-state index contributed by atoms with van der Waals surface area (Å²) in [5.74, 6) is -0.843. The third kappa shape index (κ3) is 4.75. The molecule has 2 aromatic heterocycles. The maximum Gasteiger partial charge on any atom is 0.348 e. The number of nitrogens with zero attached hydrogens (tertiary/aromatic N) is 2. The molecule has 1 aromatic carbocycles. The average Bonchev–Trinajstić information content (AvgIpc) is 3.09. The molecule has 0 spiro atoms. The van der Waals surface area contributed by atoms with E-state index in [9.17, 15) is 19.5 Å². The van der Waals surface area contributed by atoms with E-state index in [0.29, 0.717) is 32.8 Å². The molecule has 0 saturated carbocycles. The number of hydrogen-bond acceptors (Lipinski definition) is 8. The van der Waals surface area contributed by atoms with Crippen LogP contribution in [-0.2, 0) is 14.3 Å². The first-order chi connectivity index (χ1) is 14.9. The van der Waals surface area contributed by atoms with Crippen molar-refractivity contribution in [3.63, 3.8) is 0 Å². The third-order valence-electron chi connectivity index (χ3n) is 4.74. The minimum atomic E-state index is -0.797. The Morgan fingerprint density at radius 3 is 2.61 bits per heavy atom. The summed E-state index contributed by atoms with van der Waals surface area (Å²) in [6, 6.07) is 5.24. The fourth-order valence-electron chi connectivity index (χ4n) is 3.12. The number of anilines is 1. The zero-order valence-corrected chi connectivity index (χ0v) is 18.2. The summed E-state index contributed by atoms with van der Waals surface area (Å²) in [4.78, 5) is 43.4. The van der Waals surface area contributed by atoms with Gasteiger partial charge in [-0.15, -0.1) is 11.3 Å². The number of fused-ring (bicyclic) bond motifs is 1. The Bertz CT molecular complexity index is 1150. The van der Waals surface area contributed by atoms with Gasteiger partial charge in [-0.05, 0) is 43.2 Å². The number of amides is 1. The van der Waals surface area contributed by atoms with Gasteiger partial charge in [-0.3, -0.25) is 14.2 Å². The smallest absolute Gasteiger partial charge is 0.348 e. The standard InChI is InChI=1S/C21H23N3O6S/c1-4-15(18(26)23-13-5-7-14(25)8-6-13)24-11-22-19-16(20(24)27)12(2)17(31-19)21(28)30-10-9-29-3/h5-8,11,15,25H,4,9-10H2,1-3H3,(H,23,26). The van der Waals surface area contributed by atoms with E-state index in [2.05, 4.69) is 10.3 Å². The van der Waals surface area contributed by atoms with Gasteiger partial charge in [-0.25, -0.2) is 9.78 Å². The van der Waals surface area contributed by atoms with Crippen molar-refractivity contribution >= 4 is 39.1 Å². The Labute approximate surface area is 182 Å². The summed E-state index contributed by atoms with van der Waals surface area (Å²) < 4.78 is 11.3. The Morgan fingerprint density at radius 2 is 1.97 bits per heavy atom. The molecule has 31 heavy (non-hydrogen) atoms. The van der Waals surface area contributed by atoms with Gasteiger partial charge < -0.3 is 19.9 Å². The number of ether oxygens (including phenoxy) is 2. The lowest BCUT2D eigenvalue weighted by Gasteiger charge is -2.17. The quantitative estimate of drug-likeness (QED) is 0.311. The van der Waals surface area contributed by atoms with Crippen LogP contribution < -0.4 is 10.9 Å². The first-order valence-electron chi connectivity index (χ1n) is 9.63. The first kappa shape index (κ1) is 22.4. The highest BCUT2D eigenvalue weighted by Crippen LogP contribution is 2.28. The normalized spacial score (nSPS) is 12.0. The molecule has 0 bridgehead atoms. The molecule has 1 amide bonds. The summed E-state index contributed by atoms with van der Waals surface area (Å²) in [7, 11) is 1.51. The van der Waals surface area contributed by atoms with E-state index < -0.39 is 17.6 Å². The predicted molar refractivity (Wildman–Crippen MR) is 117 cm³/mol. The van der Waals surface area contributed by atoms with Crippen molar-refractivity contribution in [2.75, 3.05) is 25.6 Å². The molecule has 9 nitrogen and oxygen atoms in total. The van der Waals surface area contributed by atoms with E-state index in [4.69, 9.17) is 9.47 Å². The number of aromatic hydroxyl groups is 1. The summed E-state index contributed by atoms with van der Waals surface area (Å²) in [5, 5.41) is 12.4. The van der Waals surface area contributed by atoms with Crippen molar-refractivity contribution in [3.8, 4) is 5.75 Å². The van der Waals surface area contributed by atoms with Crippen LogP contribution in [0.5, 0.6) is 5.75 Å². The van der Waals surface area contributed by atoms with Crippen LogP contribution in [0, 0.1) is 6.92 Å². The molecule has 3 rings (SSSR count). The molecule has 2 heterocycles. The monoisotopic (exact) mass is 445 g/mol. The molecule has 0 aliphatic carbocycles. The molecular formula is C21H23N3O6S. The number of hydrogen-bond donors (Lipinski definition) is 2. The molecular weight excluding hydrogens is 422 g/mol. The van der Waals surface area contributed by atoms with E-state index in [1.165, 1.54) is 30.1 Å². The highest BCUT2D eigenvalue weighted by molar-refractivity contribution is 7.20. The number of rotatable bonds is 8. The van der Waals surface area contributed by atoms with Gasteiger partial charge in [0.2, 0.25) is 5.91 Å². The van der Waals surface area contributed by atoms with E-state index in [1.807, 2.05) is 0 Å². The molecule has 10 heteroatoms. The largest absolute Gasteiger partial charge is 0.508 e. The second kappa shape index (κ2) is 9.71. The predicted octanol–water partition coefficient (Wildman–Crippen LogP) is 2.87. The lowest BCUT2D eigenvalue weighted by molar-refractivity contribution is -0.119. The van der Waals surface area contributed by atoms with Gasteiger partial charge >= 0.3 is 5.97 Å². The zero-order chi connectivity index (χ0) is 22.5. The number of carbonyl (C=O) groups excluding carboxylic acids is 2. The highest BCUT2D eigenvalue weighted by atomic mass is 32.1. The second-order valence-corrected chi connectivity index (χ2v) is 7.78. The highest BCUT2D eigenvalue weighted by Gasteiger charge is 2.25. The average molecular weight is 445 g/mol. The minimum absolute atomic E-state index is 0.0837. The maximum atomic E-state index is 13.2. The van der Waals surface area contributed by atoms with Crippen LogP contribution in [-0.4, -0.2) is 46.9 Å². The molecule has 164 valence electrons. The van der Waals surface area contributed by atoms with Crippen LogP contribution >= 0.6 is 11.3 Å².